The summed E-state index contributed by atoms with van der Waals surface area (Å²) >= 11 is 0. The zero-order valence-electron chi connectivity index (χ0n) is 11.4. The molecule has 21 heavy (non-hydrogen) atoms. The molecule has 0 aliphatic carbocycles. The molecular formula is C13H12F3O5-. The van der Waals surface area contributed by atoms with E-state index in [0.717, 1.165) is 18.2 Å². The predicted octanol–water partition coefficient (Wildman–Crippen LogP) is 1.90. The largest absolute Gasteiger partial charge is 0.573 e. The molecule has 1 aromatic carbocycles. The smallest absolute Gasteiger partial charge is 0.545 e. The fourth-order valence-electron chi connectivity index (χ4n) is 1.18. The van der Waals surface area contributed by atoms with Gasteiger partial charge < -0.3 is 19.4 Å². The van der Waals surface area contributed by atoms with Gasteiger partial charge in [-0.2, -0.15) is 0 Å². The summed E-state index contributed by atoms with van der Waals surface area (Å²) in [5.41, 5.74) is -1.44. The van der Waals surface area contributed by atoms with E-state index in [9.17, 15) is 27.9 Å². The monoisotopic (exact) mass is 305 g/mol. The maximum atomic E-state index is 12.3. The highest BCUT2D eigenvalue weighted by Crippen LogP contribution is 2.34. The molecule has 0 aliphatic heterocycles. The van der Waals surface area contributed by atoms with Crippen LogP contribution in [0, 0.1) is 5.41 Å². The van der Waals surface area contributed by atoms with Crippen molar-refractivity contribution in [2.24, 2.45) is 5.41 Å². The predicted molar refractivity (Wildman–Crippen MR) is 62.5 cm³/mol. The molecule has 5 nitrogen and oxygen atoms in total. The van der Waals surface area contributed by atoms with Crippen LogP contribution in [-0.4, -0.2) is 18.3 Å². The maximum Gasteiger partial charge on any atom is 0.573 e. The van der Waals surface area contributed by atoms with Gasteiger partial charge in [-0.15, -0.1) is 13.2 Å². The molecule has 0 atom stereocenters. The first-order chi connectivity index (χ1) is 9.40. The number of hydrogen-bond donors (Lipinski definition) is 0. The van der Waals surface area contributed by atoms with Gasteiger partial charge in [0.15, 0.2) is 11.5 Å². The van der Waals surface area contributed by atoms with Gasteiger partial charge in [-0.3, -0.25) is 4.79 Å². The van der Waals surface area contributed by atoms with Crippen molar-refractivity contribution in [3.63, 3.8) is 0 Å². The quantitative estimate of drug-likeness (QED) is 0.630. The van der Waals surface area contributed by atoms with Gasteiger partial charge in [0.1, 0.15) is 0 Å². The van der Waals surface area contributed by atoms with Crippen molar-refractivity contribution in [3.05, 3.63) is 23.8 Å². The Bertz CT molecular complexity index is 558. The number of rotatable bonds is 3. The maximum absolute atomic E-state index is 12.3. The molecule has 0 fully saturated rings. The summed E-state index contributed by atoms with van der Waals surface area (Å²) in [6, 6.07) is 2.33. The molecule has 0 bridgehead atoms. The van der Waals surface area contributed by atoms with Crippen LogP contribution in [0.3, 0.4) is 0 Å². The van der Waals surface area contributed by atoms with Gasteiger partial charge in [-0.1, -0.05) is 0 Å². The fourth-order valence-corrected chi connectivity index (χ4v) is 1.18. The number of carbonyl (C=O) groups excluding carboxylic acids is 2. The van der Waals surface area contributed by atoms with Crippen molar-refractivity contribution in [1.29, 1.82) is 0 Å². The van der Waals surface area contributed by atoms with E-state index in [1.54, 1.807) is 0 Å². The summed E-state index contributed by atoms with van der Waals surface area (Å²) in [4.78, 5) is 22.4. The molecule has 0 aliphatic rings. The van der Waals surface area contributed by atoms with Crippen molar-refractivity contribution in [2.45, 2.75) is 27.1 Å². The van der Waals surface area contributed by atoms with Crippen molar-refractivity contribution >= 4 is 11.9 Å². The molecule has 0 heterocycles. The van der Waals surface area contributed by atoms with E-state index in [0.29, 0.717) is 0 Å². The summed E-state index contributed by atoms with van der Waals surface area (Å²) in [7, 11) is 0. The molecule has 0 spiro atoms. The Morgan fingerprint density at radius 1 is 1.10 bits per heavy atom. The zero-order chi connectivity index (χ0) is 16.4. The van der Waals surface area contributed by atoms with Crippen molar-refractivity contribution in [2.75, 3.05) is 0 Å². The fraction of sp³-hybridized carbons (Fsp3) is 0.385. The summed E-state index contributed by atoms with van der Waals surface area (Å²) in [6.07, 6.45) is -5.01. The van der Waals surface area contributed by atoms with E-state index in [1.165, 1.54) is 20.8 Å². The van der Waals surface area contributed by atoms with E-state index in [2.05, 4.69) is 4.74 Å². The van der Waals surface area contributed by atoms with Gasteiger partial charge in [0.2, 0.25) is 0 Å². The van der Waals surface area contributed by atoms with E-state index < -0.39 is 40.8 Å². The van der Waals surface area contributed by atoms with Crippen molar-refractivity contribution in [1.82, 2.24) is 0 Å². The van der Waals surface area contributed by atoms with Crippen LogP contribution >= 0.6 is 0 Å². The Morgan fingerprint density at radius 2 is 1.67 bits per heavy atom. The Hall–Kier alpha value is -2.25. The molecule has 0 amide bonds. The van der Waals surface area contributed by atoms with E-state index in [-0.39, 0.29) is 0 Å². The number of alkyl halides is 3. The Kier molecular flexibility index (Phi) is 4.50. The number of carboxylic acids is 1. The first-order valence-corrected chi connectivity index (χ1v) is 5.73. The number of hydrogen-bond acceptors (Lipinski definition) is 5. The molecule has 0 aromatic heterocycles. The first kappa shape index (κ1) is 16.8. The van der Waals surface area contributed by atoms with Gasteiger partial charge in [-0.25, -0.2) is 0 Å². The summed E-state index contributed by atoms with van der Waals surface area (Å²) in [5, 5.41) is 10.7. The van der Waals surface area contributed by atoms with Gasteiger partial charge in [0.05, 0.1) is 11.4 Å². The third-order valence-corrected chi connectivity index (χ3v) is 2.22. The normalized spacial score (nSPS) is 11.9. The van der Waals surface area contributed by atoms with Crippen LogP contribution in [0.1, 0.15) is 31.1 Å². The van der Waals surface area contributed by atoms with Gasteiger partial charge >= 0.3 is 12.3 Å². The second-order valence-corrected chi connectivity index (χ2v) is 5.14. The van der Waals surface area contributed by atoms with E-state index in [1.807, 2.05) is 0 Å². The third kappa shape index (κ3) is 4.97. The minimum Gasteiger partial charge on any atom is -0.545 e. The molecular weight excluding hydrogens is 293 g/mol. The summed E-state index contributed by atoms with van der Waals surface area (Å²) in [6.45, 7) is 4.46. The lowest BCUT2D eigenvalue weighted by Crippen LogP contribution is -2.27. The van der Waals surface area contributed by atoms with Crippen molar-refractivity contribution in [3.8, 4) is 11.5 Å². The lowest BCUT2D eigenvalue weighted by atomic mass is 9.97. The van der Waals surface area contributed by atoms with Gasteiger partial charge in [-0.05, 0) is 39.0 Å². The molecule has 0 unspecified atom stereocenters. The number of ether oxygens (including phenoxy) is 2. The highest BCUT2D eigenvalue weighted by Gasteiger charge is 2.33. The van der Waals surface area contributed by atoms with E-state index >= 15 is 0 Å². The van der Waals surface area contributed by atoms with Crippen molar-refractivity contribution < 1.29 is 37.3 Å². The second-order valence-electron chi connectivity index (χ2n) is 5.14. The number of halogens is 3. The molecule has 0 N–H and O–H groups in total. The average Bonchev–Trinajstić information content (AvgIpc) is 2.27. The first-order valence-electron chi connectivity index (χ1n) is 5.73. The number of carbonyl (C=O) groups is 2. The highest BCUT2D eigenvalue weighted by atomic mass is 19.4. The standard InChI is InChI=1S/C13H13F3O5/c1-12(2,3)11(19)20-9-6-7(10(17)18)4-5-8(9)21-13(14,15)16/h4-6H,1-3H3,(H,17,18)/p-1. The van der Waals surface area contributed by atoms with Crippen LogP contribution in [0.2, 0.25) is 0 Å². The Morgan fingerprint density at radius 3 is 2.10 bits per heavy atom. The van der Waals surface area contributed by atoms with E-state index in [4.69, 9.17) is 4.74 Å². The highest BCUT2D eigenvalue weighted by molar-refractivity contribution is 5.87. The van der Waals surface area contributed by atoms with Gasteiger partial charge in [0, 0.05) is 5.56 Å². The van der Waals surface area contributed by atoms with Crippen LogP contribution in [0.5, 0.6) is 11.5 Å². The number of benzene rings is 1. The summed E-state index contributed by atoms with van der Waals surface area (Å²) < 4.78 is 45.3. The molecule has 1 aromatic rings. The molecule has 0 radical (unpaired) electrons. The van der Waals surface area contributed by atoms with Crippen LogP contribution < -0.4 is 14.6 Å². The molecule has 8 heteroatoms. The second kappa shape index (κ2) is 5.63. The lowest BCUT2D eigenvalue weighted by Gasteiger charge is -2.19. The van der Waals surface area contributed by atoms with Crippen LogP contribution in [0.25, 0.3) is 0 Å². The lowest BCUT2D eigenvalue weighted by molar-refractivity contribution is -0.275. The molecule has 116 valence electrons. The Labute approximate surface area is 118 Å². The number of aromatic carboxylic acids is 1. The van der Waals surface area contributed by atoms with Crippen LogP contribution in [-0.2, 0) is 4.79 Å². The molecule has 0 saturated carbocycles. The number of carboxylic acid groups (broad SMARTS) is 1. The van der Waals surface area contributed by atoms with Crippen LogP contribution in [0.4, 0.5) is 13.2 Å². The topological polar surface area (TPSA) is 75.7 Å². The average molecular weight is 305 g/mol. The van der Waals surface area contributed by atoms with Gasteiger partial charge in [0.25, 0.3) is 0 Å². The molecule has 0 saturated heterocycles. The minimum absolute atomic E-state index is 0.443. The summed E-state index contributed by atoms with van der Waals surface area (Å²) in [5.74, 6) is -3.93. The third-order valence-electron chi connectivity index (χ3n) is 2.22. The Balaban J connectivity index is 3.20. The minimum atomic E-state index is -5.01. The molecule has 1 rings (SSSR count). The zero-order valence-corrected chi connectivity index (χ0v) is 11.4. The SMILES string of the molecule is CC(C)(C)C(=O)Oc1cc(C(=O)[O-])ccc1OC(F)(F)F. The van der Waals surface area contributed by atoms with Crippen LogP contribution in [0.15, 0.2) is 18.2 Å². The number of esters is 1.